The first-order valence-electron chi connectivity index (χ1n) is 6.94. The molecule has 6 nitrogen and oxygen atoms in total. The second kappa shape index (κ2) is 7.08. The summed E-state index contributed by atoms with van der Waals surface area (Å²) in [6.07, 6.45) is 0.126. The van der Waals surface area contributed by atoms with Gasteiger partial charge >= 0.3 is 12.1 Å². The molecule has 0 radical (unpaired) electrons. The fourth-order valence-corrected chi connectivity index (χ4v) is 2.07. The first-order valence-corrected chi connectivity index (χ1v) is 6.94. The Bertz CT molecular complexity index is 486. The van der Waals surface area contributed by atoms with Crippen molar-refractivity contribution < 1.29 is 24.5 Å². The van der Waals surface area contributed by atoms with Crippen LogP contribution >= 0.6 is 0 Å². The zero-order valence-corrected chi connectivity index (χ0v) is 11.6. The number of alkyl carbamates (subject to hydrolysis) is 1. The van der Waals surface area contributed by atoms with E-state index in [1.807, 2.05) is 30.3 Å². The minimum Gasteiger partial charge on any atom is -0.479 e. The van der Waals surface area contributed by atoms with Gasteiger partial charge in [-0.2, -0.15) is 0 Å². The molecule has 2 atom stereocenters. The highest BCUT2D eigenvalue weighted by Gasteiger charge is 2.33. The van der Waals surface area contributed by atoms with Gasteiger partial charge in [-0.1, -0.05) is 43.2 Å². The number of hydrogen-bond donors (Lipinski definition) is 3. The van der Waals surface area contributed by atoms with Gasteiger partial charge in [0.1, 0.15) is 6.61 Å². The SMILES string of the molecule is O=C(N[C@@H](CC1CC1)C(O)C(=O)O)OCc1ccccc1. The molecule has 1 fully saturated rings. The van der Waals surface area contributed by atoms with E-state index in [0.29, 0.717) is 12.3 Å². The van der Waals surface area contributed by atoms with Gasteiger partial charge < -0.3 is 20.3 Å². The number of ether oxygens (including phenoxy) is 1. The van der Waals surface area contributed by atoms with Crippen LogP contribution in [0.15, 0.2) is 30.3 Å². The van der Waals surface area contributed by atoms with Crippen molar-refractivity contribution in [3.63, 3.8) is 0 Å². The molecular weight excluding hydrogens is 274 g/mol. The Balaban J connectivity index is 1.83. The molecule has 1 aliphatic carbocycles. The van der Waals surface area contributed by atoms with Crippen LogP contribution in [-0.4, -0.2) is 34.4 Å². The van der Waals surface area contributed by atoms with E-state index in [-0.39, 0.29) is 6.61 Å². The summed E-state index contributed by atoms with van der Waals surface area (Å²) in [5.41, 5.74) is 0.838. The number of amides is 1. The minimum absolute atomic E-state index is 0.103. The summed E-state index contributed by atoms with van der Waals surface area (Å²) >= 11 is 0. The summed E-state index contributed by atoms with van der Waals surface area (Å²) in [6, 6.07) is 8.35. The number of nitrogens with one attached hydrogen (secondary N) is 1. The molecule has 114 valence electrons. The number of aliphatic hydroxyl groups is 1. The van der Waals surface area contributed by atoms with Crippen molar-refractivity contribution in [2.45, 2.75) is 38.0 Å². The molecule has 1 saturated carbocycles. The van der Waals surface area contributed by atoms with Gasteiger partial charge in [0.25, 0.3) is 0 Å². The van der Waals surface area contributed by atoms with E-state index in [0.717, 1.165) is 18.4 Å². The zero-order chi connectivity index (χ0) is 15.2. The molecule has 0 aliphatic heterocycles. The van der Waals surface area contributed by atoms with Crippen molar-refractivity contribution in [3.05, 3.63) is 35.9 Å². The van der Waals surface area contributed by atoms with Crippen LogP contribution < -0.4 is 5.32 Å². The summed E-state index contributed by atoms with van der Waals surface area (Å²) < 4.78 is 5.04. The van der Waals surface area contributed by atoms with Gasteiger partial charge in [-0.25, -0.2) is 9.59 Å². The van der Waals surface area contributed by atoms with Crippen LogP contribution in [0, 0.1) is 5.92 Å². The lowest BCUT2D eigenvalue weighted by Crippen LogP contribution is -2.47. The third-order valence-corrected chi connectivity index (χ3v) is 3.43. The Hall–Kier alpha value is -2.08. The van der Waals surface area contributed by atoms with Gasteiger partial charge in [-0.05, 0) is 17.9 Å². The third-order valence-electron chi connectivity index (χ3n) is 3.43. The fourth-order valence-electron chi connectivity index (χ4n) is 2.07. The van der Waals surface area contributed by atoms with Crippen LogP contribution in [0.25, 0.3) is 0 Å². The molecule has 1 amide bonds. The lowest BCUT2D eigenvalue weighted by molar-refractivity contribution is -0.148. The van der Waals surface area contributed by atoms with E-state index in [4.69, 9.17) is 9.84 Å². The molecule has 0 spiro atoms. The van der Waals surface area contributed by atoms with Gasteiger partial charge in [0.2, 0.25) is 0 Å². The number of hydrogen-bond acceptors (Lipinski definition) is 4. The largest absolute Gasteiger partial charge is 0.479 e. The average Bonchev–Trinajstić information content (AvgIpc) is 3.28. The van der Waals surface area contributed by atoms with E-state index in [2.05, 4.69) is 5.32 Å². The van der Waals surface area contributed by atoms with Crippen molar-refractivity contribution in [2.24, 2.45) is 5.92 Å². The second-order valence-corrected chi connectivity index (χ2v) is 5.27. The molecule has 2 rings (SSSR count). The smallest absolute Gasteiger partial charge is 0.407 e. The first kappa shape index (κ1) is 15.3. The van der Waals surface area contributed by atoms with Gasteiger partial charge in [-0.15, -0.1) is 0 Å². The molecule has 0 heterocycles. The number of rotatable bonds is 7. The molecular formula is C15H19NO5. The highest BCUT2D eigenvalue weighted by Crippen LogP contribution is 2.34. The van der Waals surface area contributed by atoms with Gasteiger partial charge in [0, 0.05) is 0 Å². The number of carboxylic acids is 1. The lowest BCUT2D eigenvalue weighted by Gasteiger charge is -2.21. The minimum atomic E-state index is -1.62. The van der Waals surface area contributed by atoms with E-state index in [1.54, 1.807) is 0 Å². The Morgan fingerprint density at radius 2 is 1.95 bits per heavy atom. The normalized spacial score (nSPS) is 16.8. The summed E-state index contributed by atoms with van der Waals surface area (Å²) in [5, 5.41) is 20.9. The number of aliphatic hydroxyl groups excluding tert-OH is 1. The standard InChI is InChI=1S/C15H19NO5/c17-13(14(18)19)12(8-10-6-7-10)16-15(20)21-9-11-4-2-1-3-5-11/h1-5,10,12-13,17H,6-9H2,(H,16,20)(H,18,19)/t12-,13?/m0/s1. The van der Waals surface area contributed by atoms with Crippen molar-refractivity contribution in [3.8, 4) is 0 Å². The monoisotopic (exact) mass is 293 g/mol. The van der Waals surface area contributed by atoms with Crippen molar-refractivity contribution in [1.29, 1.82) is 0 Å². The Morgan fingerprint density at radius 1 is 1.29 bits per heavy atom. The quantitative estimate of drug-likeness (QED) is 0.708. The van der Waals surface area contributed by atoms with Gasteiger partial charge in [-0.3, -0.25) is 0 Å². The van der Waals surface area contributed by atoms with Crippen molar-refractivity contribution in [1.82, 2.24) is 5.32 Å². The topological polar surface area (TPSA) is 95.9 Å². The van der Waals surface area contributed by atoms with Gasteiger partial charge in [0.15, 0.2) is 6.10 Å². The molecule has 1 aliphatic rings. The predicted molar refractivity (Wildman–Crippen MR) is 74.5 cm³/mol. The number of benzene rings is 1. The summed E-state index contributed by atoms with van der Waals surface area (Å²) in [5.74, 6) is -0.970. The maximum atomic E-state index is 11.7. The highest BCUT2D eigenvalue weighted by molar-refractivity contribution is 5.75. The maximum Gasteiger partial charge on any atom is 0.407 e. The van der Waals surface area contributed by atoms with Crippen LogP contribution in [0.5, 0.6) is 0 Å². The molecule has 3 N–H and O–H groups in total. The number of carbonyl (C=O) groups is 2. The molecule has 0 bridgehead atoms. The van der Waals surface area contributed by atoms with E-state index >= 15 is 0 Å². The molecule has 1 aromatic rings. The molecule has 0 saturated heterocycles. The summed E-state index contributed by atoms with van der Waals surface area (Å²) in [7, 11) is 0. The second-order valence-electron chi connectivity index (χ2n) is 5.27. The number of carboxylic acid groups (broad SMARTS) is 1. The third kappa shape index (κ3) is 5.07. The molecule has 1 aromatic carbocycles. The summed E-state index contributed by atoms with van der Waals surface area (Å²) in [6.45, 7) is 0.103. The van der Waals surface area contributed by atoms with Gasteiger partial charge in [0.05, 0.1) is 6.04 Å². The Morgan fingerprint density at radius 3 is 2.52 bits per heavy atom. The maximum absolute atomic E-state index is 11.7. The summed E-state index contributed by atoms with van der Waals surface area (Å²) in [4.78, 5) is 22.6. The molecule has 1 unspecified atom stereocenters. The van der Waals surface area contributed by atoms with Crippen molar-refractivity contribution >= 4 is 12.1 Å². The van der Waals surface area contributed by atoms with E-state index in [9.17, 15) is 14.7 Å². The van der Waals surface area contributed by atoms with Crippen LogP contribution in [0.2, 0.25) is 0 Å². The number of aliphatic carboxylic acids is 1. The van der Waals surface area contributed by atoms with E-state index in [1.165, 1.54) is 0 Å². The van der Waals surface area contributed by atoms with Crippen LogP contribution in [0.1, 0.15) is 24.8 Å². The highest BCUT2D eigenvalue weighted by atomic mass is 16.5. The number of carbonyl (C=O) groups excluding carboxylic acids is 1. The molecule has 0 aromatic heterocycles. The van der Waals surface area contributed by atoms with Crippen LogP contribution in [0.4, 0.5) is 4.79 Å². The van der Waals surface area contributed by atoms with Crippen molar-refractivity contribution in [2.75, 3.05) is 0 Å². The average molecular weight is 293 g/mol. The molecule has 6 heteroatoms. The predicted octanol–water partition coefficient (Wildman–Crippen LogP) is 1.53. The fraction of sp³-hybridized carbons (Fsp3) is 0.467. The Kier molecular flexibility index (Phi) is 5.16. The van der Waals surface area contributed by atoms with E-state index < -0.39 is 24.2 Å². The van der Waals surface area contributed by atoms with Crippen LogP contribution in [0.3, 0.4) is 0 Å². The molecule has 21 heavy (non-hydrogen) atoms. The van der Waals surface area contributed by atoms with Crippen LogP contribution in [-0.2, 0) is 16.1 Å². The first-order chi connectivity index (χ1) is 10.1. The Labute approximate surface area is 122 Å². The lowest BCUT2D eigenvalue weighted by atomic mass is 10.0. The zero-order valence-electron chi connectivity index (χ0n) is 11.6.